The van der Waals surface area contributed by atoms with E-state index in [0.29, 0.717) is 12.8 Å². The number of allylic oxidation sites excluding steroid dienone is 10. The van der Waals surface area contributed by atoms with Crippen molar-refractivity contribution in [2.45, 2.75) is 328 Å². The third kappa shape index (κ3) is 54.9. The lowest BCUT2D eigenvalue weighted by Crippen LogP contribution is -2.45. The van der Waals surface area contributed by atoms with E-state index < -0.39 is 12.1 Å². The highest BCUT2D eigenvalue weighted by Gasteiger charge is 2.20. The first-order chi connectivity index (χ1) is 33.2. The first kappa shape index (κ1) is 65.1. The van der Waals surface area contributed by atoms with Crippen molar-refractivity contribution < 1.29 is 15.0 Å². The van der Waals surface area contributed by atoms with Gasteiger partial charge in [0, 0.05) is 6.42 Å². The van der Waals surface area contributed by atoms with Gasteiger partial charge in [-0.1, -0.05) is 312 Å². The number of aliphatic hydroxyl groups excluding tert-OH is 2. The molecule has 0 aliphatic rings. The summed E-state index contributed by atoms with van der Waals surface area (Å²) in [7, 11) is 0. The summed E-state index contributed by atoms with van der Waals surface area (Å²) in [5.41, 5.74) is 0. The Morgan fingerprint density at radius 1 is 0.373 bits per heavy atom. The molecule has 0 aromatic rings. The molecule has 4 heteroatoms. The lowest BCUT2D eigenvalue weighted by atomic mass is 10.0. The molecule has 0 saturated carbocycles. The number of hydrogen-bond acceptors (Lipinski definition) is 3. The summed E-state index contributed by atoms with van der Waals surface area (Å²) in [6.07, 6.45) is 82.2. The molecular weight excluding hydrogens is 819 g/mol. The molecule has 0 aromatic carbocycles. The van der Waals surface area contributed by atoms with E-state index >= 15 is 0 Å². The summed E-state index contributed by atoms with van der Waals surface area (Å²) < 4.78 is 0. The Morgan fingerprint density at radius 3 is 0.985 bits per heavy atom. The van der Waals surface area contributed by atoms with Crippen LogP contribution in [0.4, 0.5) is 0 Å². The Bertz CT molecular complexity index is 1110. The van der Waals surface area contributed by atoms with Crippen molar-refractivity contribution >= 4 is 5.91 Å². The maximum atomic E-state index is 12.5. The fraction of sp³-hybridized carbons (Fsp3) is 0.825. The third-order valence-electron chi connectivity index (χ3n) is 13.8. The lowest BCUT2D eigenvalue weighted by Gasteiger charge is -2.22. The van der Waals surface area contributed by atoms with Crippen molar-refractivity contribution in [1.29, 1.82) is 0 Å². The van der Waals surface area contributed by atoms with Crippen LogP contribution in [-0.2, 0) is 4.79 Å². The Labute approximate surface area is 419 Å². The molecule has 0 saturated heterocycles. The van der Waals surface area contributed by atoms with Crippen LogP contribution < -0.4 is 5.32 Å². The largest absolute Gasteiger partial charge is 0.394 e. The number of carbonyl (C=O) groups excluding carboxylic acids is 1. The molecule has 0 heterocycles. The second kappa shape index (κ2) is 58.4. The van der Waals surface area contributed by atoms with Gasteiger partial charge in [0.05, 0.1) is 18.8 Å². The van der Waals surface area contributed by atoms with Gasteiger partial charge in [-0.2, -0.15) is 0 Å². The van der Waals surface area contributed by atoms with Crippen molar-refractivity contribution in [3.05, 3.63) is 60.8 Å². The molecule has 67 heavy (non-hydrogen) atoms. The predicted molar refractivity (Wildman–Crippen MR) is 299 cm³/mol. The molecule has 0 fully saturated rings. The van der Waals surface area contributed by atoms with Crippen LogP contribution in [0.15, 0.2) is 60.8 Å². The summed E-state index contributed by atoms with van der Waals surface area (Å²) in [5, 5.41) is 23.4. The fourth-order valence-electron chi connectivity index (χ4n) is 9.27. The molecule has 2 atom stereocenters. The van der Waals surface area contributed by atoms with Gasteiger partial charge in [-0.15, -0.1) is 0 Å². The average Bonchev–Trinajstić information content (AvgIpc) is 3.33. The molecular formula is C63H117NO3. The molecule has 0 aliphatic carbocycles. The minimum Gasteiger partial charge on any atom is -0.394 e. The van der Waals surface area contributed by atoms with Gasteiger partial charge >= 0.3 is 0 Å². The molecule has 392 valence electrons. The van der Waals surface area contributed by atoms with Gasteiger partial charge < -0.3 is 15.5 Å². The van der Waals surface area contributed by atoms with Crippen LogP contribution in [0.2, 0.25) is 0 Å². The summed E-state index contributed by atoms with van der Waals surface area (Å²) in [5.74, 6) is -0.0287. The standard InChI is InChI=1S/C63H117NO3/c1-3-5-7-9-11-13-15-17-19-21-23-25-27-29-30-31-32-33-34-35-37-39-41-43-45-47-49-51-53-55-57-59-63(67)64-61(60-65)62(66)58-56-54-52-50-48-46-44-42-40-38-36-28-26-24-22-20-18-16-14-12-10-8-6-4-2/h5,7,11,13,17,19,23,25,29-30,61-62,65-66H,3-4,6,8-10,12,14-16,18,20-22,24,26-28,31-60H2,1-2H3,(H,64,67)/b7-5-,13-11-,19-17-,25-23-,30-29-. The Kier molecular flexibility index (Phi) is 56.7. The highest BCUT2D eigenvalue weighted by Crippen LogP contribution is 2.18. The first-order valence-electron chi connectivity index (χ1n) is 30.0. The predicted octanol–water partition coefficient (Wildman–Crippen LogP) is 20.0. The van der Waals surface area contributed by atoms with Gasteiger partial charge in [0.2, 0.25) is 5.91 Å². The molecule has 0 aliphatic heterocycles. The molecule has 0 radical (unpaired) electrons. The third-order valence-corrected chi connectivity index (χ3v) is 13.8. The minimum absolute atomic E-state index is 0.0287. The van der Waals surface area contributed by atoms with E-state index in [2.05, 4.69) is 79.9 Å². The molecule has 3 N–H and O–H groups in total. The quantitative estimate of drug-likeness (QED) is 0.0420. The highest BCUT2D eigenvalue weighted by molar-refractivity contribution is 5.76. The van der Waals surface area contributed by atoms with Crippen molar-refractivity contribution in [3.63, 3.8) is 0 Å². The number of rotatable bonds is 55. The van der Waals surface area contributed by atoms with Crippen molar-refractivity contribution in [1.82, 2.24) is 5.32 Å². The summed E-state index contributed by atoms with van der Waals surface area (Å²) in [6, 6.07) is -0.539. The van der Waals surface area contributed by atoms with Gasteiger partial charge in [0.25, 0.3) is 0 Å². The monoisotopic (exact) mass is 936 g/mol. The second-order valence-corrected chi connectivity index (χ2v) is 20.4. The zero-order valence-corrected chi connectivity index (χ0v) is 45.2. The molecule has 0 bridgehead atoms. The smallest absolute Gasteiger partial charge is 0.220 e. The van der Waals surface area contributed by atoms with E-state index in [4.69, 9.17) is 0 Å². The number of nitrogens with one attached hydrogen (secondary N) is 1. The van der Waals surface area contributed by atoms with E-state index in [1.807, 2.05) is 0 Å². The van der Waals surface area contributed by atoms with Crippen LogP contribution in [-0.4, -0.2) is 34.9 Å². The first-order valence-corrected chi connectivity index (χ1v) is 30.0. The summed E-state index contributed by atoms with van der Waals surface area (Å²) in [6.45, 7) is 4.27. The van der Waals surface area contributed by atoms with E-state index in [0.717, 1.165) is 57.8 Å². The van der Waals surface area contributed by atoms with E-state index in [1.54, 1.807) is 0 Å². The zero-order valence-electron chi connectivity index (χ0n) is 45.2. The number of amides is 1. The molecule has 0 aromatic heterocycles. The van der Waals surface area contributed by atoms with Crippen LogP contribution in [0.25, 0.3) is 0 Å². The van der Waals surface area contributed by atoms with Crippen molar-refractivity contribution in [3.8, 4) is 0 Å². The van der Waals surface area contributed by atoms with E-state index in [1.165, 1.54) is 231 Å². The maximum Gasteiger partial charge on any atom is 0.220 e. The van der Waals surface area contributed by atoms with Gasteiger partial charge in [0.1, 0.15) is 0 Å². The molecule has 1 amide bonds. The average molecular weight is 937 g/mol. The minimum atomic E-state index is -0.662. The van der Waals surface area contributed by atoms with Crippen molar-refractivity contribution in [2.24, 2.45) is 0 Å². The highest BCUT2D eigenvalue weighted by atomic mass is 16.3. The number of hydrogen-bond donors (Lipinski definition) is 3. The van der Waals surface area contributed by atoms with E-state index in [-0.39, 0.29) is 12.5 Å². The van der Waals surface area contributed by atoms with Crippen LogP contribution in [0.5, 0.6) is 0 Å². The number of carbonyl (C=O) groups is 1. The Balaban J connectivity index is 3.45. The molecule has 2 unspecified atom stereocenters. The lowest BCUT2D eigenvalue weighted by molar-refractivity contribution is -0.123. The van der Waals surface area contributed by atoms with Gasteiger partial charge in [0.15, 0.2) is 0 Å². The normalized spacial score (nSPS) is 13.2. The Morgan fingerprint density at radius 2 is 0.657 bits per heavy atom. The summed E-state index contributed by atoms with van der Waals surface area (Å²) in [4.78, 5) is 12.5. The maximum absolute atomic E-state index is 12.5. The van der Waals surface area contributed by atoms with Gasteiger partial charge in [-0.05, 0) is 57.8 Å². The SMILES string of the molecule is CC/C=C\C/C=C\C/C=C\C/C=C\C/C=C\CCCCCCCCCCCCCCCCCC(=O)NC(CO)C(O)CCCCCCCCCCCCCCCCCCCCCCCCCC. The van der Waals surface area contributed by atoms with Crippen LogP contribution in [0.1, 0.15) is 316 Å². The van der Waals surface area contributed by atoms with E-state index in [9.17, 15) is 15.0 Å². The zero-order chi connectivity index (χ0) is 48.5. The van der Waals surface area contributed by atoms with Gasteiger partial charge in [-0.3, -0.25) is 4.79 Å². The summed E-state index contributed by atoms with van der Waals surface area (Å²) >= 11 is 0. The van der Waals surface area contributed by atoms with Crippen LogP contribution >= 0.6 is 0 Å². The molecule has 4 nitrogen and oxygen atoms in total. The molecule has 0 rings (SSSR count). The Hall–Kier alpha value is -1.91. The fourth-order valence-corrected chi connectivity index (χ4v) is 9.27. The molecule has 0 spiro atoms. The number of unbranched alkanes of at least 4 members (excludes halogenated alkanes) is 38. The van der Waals surface area contributed by atoms with Crippen LogP contribution in [0.3, 0.4) is 0 Å². The van der Waals surface area contributed by atoms with Crippen LogP contribution in [0, 0.1) is 0 Å². The number of aliphatic hydroxyl groups is 2. The van der Waals surface area contributed by atoms with Crippen molar-refractivity contribution in [2.75, 3.05) is 6.61 Å². The second-order valence-electron chi connectivity index (χ2n) is 20.4. The topological polar surface area (TPSA) is 69.6 Å². The van der Waals surface area contributed by atoms with Gasteiger partial charge in [-0.25, -0.2) is 0 Å².